The molecule has 0 N–H and O–H groups in total. The summed E-state index contributed by atoms with van der Waals surface area (Å²) in [6.07, 6.45) is 3.81. The Hall–Kier alpha value is -1.92. The molecule has 0 aliphatic carbocycles. The van der Waals surface area contributed by atoms with E-state index in [4.69, 9.17) is 4.74 Å². The third-order valence-corrected chi connectivity index (χ3v) is 4.22. The van der Waals surface area contributed by atoms with Crippen molar-refractivity contribution in [3.05, 3.63) is 36.3 Å². The first-order valence-electron chi connectivity index (χ1n) is 7.64. The van der Waals surface area contributed by atoms with E-state index >= 15 is 0 Å². The van der Waals surface area contributed by atoms with Crippen LogP contribution in [0, 0.1) is 0 Å². The maximum atomic E-state index is 12.6. The molecule has 0 spiro atoms. The van der Waals surface area contributed by atoms with Crippen molar-refractivity contribution in [1.29, 1.82) is 0 Å². The number of aromatic nitrogens is 2. The van der Waals surface area contributed by atoms with Crippen LogP contribution in [0.5, 0.6) is 0 Å². The number of imidazole rings is 1. The number of hydrogen-bond acceptors (Lipinski definition) is 4. The molecule has 1 fully saturated rings. The van der Waals surface area contributed by atoms with Crippen molar-refractivity contribution in [1.82, 2.24) is 19.2 Å². The molecule has 0 aromatic carbocycles. The summed E-state index contributed by atoms with van der Waals surface area (Å²) in [5.41, 5.74) is 1.92. The monoisotopic (exact) mass is 302 g/mol. The number of rotatable bonds is 4. The van der Waals surface area contributed by atoms with Gasteiger partial charge in [0, 0.05) is 26.3 Å². The highest BCUT2D eigenvalue weighted by Gasteiger charge is 2.25. The number of pyridine rings is 1. The van der Waals surface area contributed by atoms with Crippen LogP contribution >= 0.6 is 0 Å². The minimum absolute atomic E-state index is 0.118. The molecule has 1 atom stereocenters. The zero-order valence-electron chi connectivity index (χ0n) is 13.1. The average Bonchev–Trinajstić information content (AvgIpc) is 2.97. The van der Waals surface area contributed by atoms with Gasteiger partial charge in [0.05, 0.1) is 37.7 Å². The summed E-state index contributed by atoms with van der Waals surface area (Å²) in [4.78, 5) is 20.9. The molecule has 6 nitrogen and oxygen atoms in total. The van der Waals surface area contributed by atoms with Crippen molar-refractivity contribution < 1.29 is 9.53 Å². The molecule has 3 heterocycles. The van der Waals surface area contributed by atoms with E-state index in [1.807, 2.05) is 49.0 Å². The summed E-state index contributed by atoms with van der Waals surface area (Å²) in [5, 5.41) is 0. The molecule has 0 bridgehead atoms. The Morgan fingerprint density at radius 2 is 2.18 bits per heavy atom. The summed E-state index contributed by atoms with van der Waals surface area (Å²) < 4.78 is 7.36. The van der Waals surface area contributed by atoms with Gasteiger partial charge in [-0.1, -0.05) is 6.07 Å². The molecule has 22 heavy (non-hydrogen) atoms. The number of ether oxygens (including phenoxy) is 1. The zero-order chi connectivity index (χ0) is 15.5. The second-order valence-corrected chi connectivity index (χ2v) is 5.70. The van der Waals surface area contributed by atoms with Gasteiger partial charge in [-0.3, -0.25) is 9.69 Å². The SMILES string of the molecule is CC(C(=O)N(C)Cc1cnc2ccccn12)N1CCOCC1. The van der Waals surface area contributed by atoms with E-state index in [9.17, 15) is 4.79 Å². The zero-order valence-corrected chi connectivity index (χ0v) is 13.1. The Morgan fingerprint density at radius 3 is 2.95 bits per heavy atom. The standard InChI is InChI=1S/C16H22N4O2/c1-13(19-7-9-22-10-8-19)16(21)18(2)12-14-11-17-15-5-3-4-6-20(14)15/h3-6,11,13H,7-10,12H2,1-2H3. The molecule has 0 saturated carbocycles. The van der Waals surface area contributed by atoms with Crippen LogP contribution in [0.25, 0.3) is 5.65 Å². The lowest BCUT2D eigenvalue weighted by atomic mass is 10.2. The van der Waals surface area contributed by atoms with E-state index in [0.29, 0.717) is 19.8 Å². The third kappa shape index (κ3) is 2.98. The highest BCUT2D eigenvalue weighted by atomic mass is 16.5. The van der Waals surface area contributed by atoms with Gasteiger partial charge in [0.2, 0.25) is 5.91 Å². The van der Waals surface area contributed by atoms with Gasteiger partial charge in [0.15, 0.2) is 0 Å². The normalized spacial score (nSPS) is 17.5. The predicted octanol–water partition coefficient (Wildman–Crippen LogP) is 1.01. The van der Waals surface area contributed by atoms with Crippen molar-refractivity contribution in [3.8, 4) is 0 Å². The summed E-state index contributed by atoms with van der Waals surface area (Å²) in [5.74, 6) is 0.132. The molecule has 1 aliphatic heterocycles. The number of morpholine rings is 1. The van der Waals surface area contributed by atoms with Gasteiger partial charge < -0.3 is 14.0 Å². The lowest BCUT2D eigenvalue weighted by Crippen LogP contribution is -2.49. The Morgan fingerprint density at radius 1 is 1.41 bits per heavy atom. The maximum Gasteiger partial charge on any atom is 0.239 e. The molecule has 1 aliphatic rings. The van der Waals surface area contributed by atoms with E-state index in [-0.39, 0.29) is 11.9 Å². The van der Waals surface area contributed by atoms with Crippen LogP contribution in [-0.2, 0) is 16.1 Å². The van der Waals surface area contributed by atoms with Crippen LogP contribution in [0.2, 0.25) is 0 Å². The molecular formula is C16H22N4O2. The smallest absolute Gasteiger partial charge is 0.239 e. The van der Waals surface area contributed by atoms with Crippen molar-refractivity contribution in [2.24, 2.45) is 0 Å². The van der Waals surface area contributed by atoms with Gasteiger partial charge in [0.1, 0.15) is 5.65 Å². The first kappa shape index (κ1) is 15.0. The van der Waals surface area contributed by atoms with Gasteiger partial charge in [-0.2, -0.15) is 0 Å². The molecule has 2 aromatic heterocycles. The number of fused-ring (bicyclic) bond motifs is 1. The summed E-state index contributed by atoms with van der Waals surface area (Å²) in [7, 11) is 1.85. The summed E-state index contributed by atoms with van der Waals surface area (Å²) in [6.45, 7) is 5.56. The Kier molecular flexibility index (Phi) is 4.40. The summed E-state index contributed by atoms with van der Waals surface area (Å²) >= 11 is 0. The topological polar surface area (TPSA) is 50.1 Å². The molecule has 2 aromatic rings. The highest BCUT2D eigenvalue weighted by Crippen LogP contribution is 2.11. The molecule has 118 valence electrons. The van der Waals surface area contributed by atoms with Gasteiger partial charge in [-0.25, -0.2) is 4.98 Å². The average molecular weight is 302 g/mol. The van der Waals surface area contributed by atoms with E-state index in [2.05, 4.69) is 9.88 Å². The van der Waals surface area contributed by atoms with Crippen molar-refractivity contribution in [2.45, 2.75) is 19.5 Å². The third-order valence-electron chi connectivity index (χ3n) is 4.22. The number of carbonyl (C=O) groups excluding carboxylic acids is 1. The largest absolute Gasteiger partial charge is 0.379 e. The lowest BCUT2D eigenvalue weighted by molar-refractivity contribution is -0.137. The van der Waals surface area contributed by atoms with Crippen LogP contribution < -0.4 is 0 Å². The van der Waals surface area contributed by atoms with E-state index in [0.717, 1.165) is 24.4 Å². The highest BCUT2D eigenvalue weighted by molar-refractivity contribution is 5.81. The van der Waals surface area contributed by atoms with E-state index in [1.165, 1.54) is 0 Å². The first-order chi connectivity index (χ1) is 10.7. The molecule has 0 radical (unpaired) electrons. The predicted molar refractivity (Wildman–Crippen MR) is 83.5 cm³/mol. The molecule has 1 amide bonds. The molecule has 1 unspecified atom stereocenters. The second kappa shape index (κ2) is 6.46. The first-order valence-corrected chi connectivity index (χ1v) is 7.64. The Bertz CT molecular complexity index is 648. The van der Waals surface area contributed by atoms with Gasteiger partial charge in [-0.05, 0) is 19.1 Å². The number of likely N-dealkylation sites (N-methyl/N-ethyl adjacent to an activating group) is 1. The fourth-order valence-electron chi connectivity index (χ4n) is 2.86. The van der Waals surface area contributed by atoms with Crippen LogP contribution in [0.1, 0.15) is 12.6 Å². The second-order valence-electron chi connectivity index (χ2n) is 5.70. The molecular weight excluding hydrogens is 280 g/mol. The number of carbonyl (C=O) groups is 1. The van der Waals surface area contributed by atoms with Crippen molar-refractivity contribution in [2.75, 3.05) is 33.4 Å². The quantitative estimate of drug-likeness (QED) is 0.846. The molecule has 3 rings (SSSR count). The Balaban J connectivity index is 1.68. The van der Waals surface area contributed by atoms with E-state index < -0.39 is 0 Å². The van der Waals surface area contributed by atoms with Crippen LogP contribution in [0.4, 0.5) is 0 Å². The van der Waals surface area contributed by atoms with E-state index in [1.54, 1.807) is 4.90 Å². The minimum Gasteiger partial charge on any atom is -0.379 e. The van der Waals surface area contributed by atoms with Crippen molar-refractivity contribution >= 4 is 11.6 Å². The van der Waals surface area contributed by atoms with Crippen molar-refractivity contribution in [3.63, 3.8) is 0 Å². The number of nitrogens with zero attached hydrogens (tertiary/aromatic N) is 4. The van der Waals surface area contributed by atoms with Crippen LogP contribution in [0.3, 0.4) is 0 Å². The fourth-order valence-corrected chi connectivity index (χ4v) is 2.86. The fraction of sp³-hybridized carbons (Fsp3) is 0.500. The van der Waals surface area contributed by atoms with Crippen LogP contribution in [0.15, 0.2) is 30.6 Å². The Labute approximate surface area is 130 Å². The number of hydrogen-bond donors (Lipinski definition) is 0. The van der Waals surface area contributed by atoms with Gasteiger partial charge >= 0.3 is 0 Å². The van der Waals surface area contributed by atoms with Gasteiger partial charge in [-0.15, -0.1) is 0 Å². The van der Waals surface area contributed by atoms with Crippen LogP contribution in [-0.4, -0.2) is 64.5 Å². The molecule has 6 heteroatoms. The number of amides is 1. The summed E-state index contributed by atoms with van der Waals surface area (Å²) in [6, 6.07) is 5.77. The van der Waals surface area contributed by atoms with Gasteiger partial charge in [0.25, 0.3) is 0 Å². The lowest BCUT2D eigenvalue weighted by Gasteiger charge is -2.33. The molecule has 1 saturated heterocycles. The minimum atomic E-state index is -0.118. The maximum absolute atomic E-state index is 12.6.